The molecule has 6 nitrogen and oxygen atoms in total. The number of nitrogens with zero attached hydrogens (tertiary/aromatic N) is 3. The second-order valence-electron chi connectivity index (χ2n) is 7.38. The van der Waals surface area contributed by atoms with E-state index >= 15 is 0 Å². The van der Waals surface area contributed by atoms with Gasteiger partial charge in [0.2, 0.25) is 0 Å². The van der Waals surface area contributed by atoms with Gasteiger partial charge in [-0.15, -0.1) is 5.10 Å². The van der Waals surface area contributed by atoms with Crippen molar-refractivity contribution in [3.05, 3.63) is 97.9 Å². The molecule has 0 radical (unpaired) electrons. The number of amidine groups is 1. The van der Waals surface area contributed by atoms with E-state index in [-0.39, 0.29) is 5.91 Å². The molecule has 0 saturated heterocycles. The molecule has 0 aliphatic carbocycles. The number of benzene rings is 3. The van der Waals surface area contributed by atoms with Gasteiger partial charge in [-0.1, -0.05) is 69.6 Å². The number of carbonyl (C=O) groups is 1. The minimum absolute atomic E-state index is 0.234. The maximum Gasteiger partial charge on any atom is 0.276 e. The van der Waals surface area contributed by atoms with Gasteiger partial charge in [-0.05, 0) is 48.2 Å². The van der Waals surface area contributed by atoms with Crippen LogP contribution in [0.1, 0.15) is 17.3 Å². The molecule has 1 atom stereocenters. The van der Waals surface area contributed by atoms with E-state index in [1.54, 1.807) is 11.1 Å². The fraction of sp³-hybridized carbons (Fsp3) is 0.125. The monoisotopic (exact) mass is 540 g/mol. The molecule has 2 aliphatic heterocycles. The highest BCUT2D eigenvalue weighted by Gasteiger charge is 2.35. The van der Waals surface area contributed by atoms with E-state index in [1.165, 1.54) is 11.8 Å². The summed E-state index contributed by atoms with van der Waals surface area (Å²) in [6.07, 6.45) is 1.24. The maximum atomic E-state index is 13.1. The Bertz CT molecular complexity index is 1400. The van der Waals surface area contributed by atoms with Crippen LogP contribution in [0, 0.1) is 0 Å². The first-order chi connectivity index (χ1) is 16.0. The van der Waals surface area contributed by atoms with Crippen molar-refractivity contribution in [3.8, 4) is 5.75 Å². The molecule has 33 heavy (non-hydrogen) atoms. The number of thioether (sulfide) groups is 1. The van der Waals surface area contributed by atoms with E-state index in [1.807, 2.05) is 66.9 Å². The Morgan fingerprint density at radius 2 is 1.97 bits per heavy atom. The van der Waals surface area contributed by atoms with E-state index < -0.39 is 6.17 Å². The quantitative estimate of drug-likeness (QED) is 0.538. The first-order valence-electron chi connectivity index (χ1n) is 10.1. The van der Waals surface area contributed by atoms with Crippen LogP contribution in [0.5, 0.6) is 5.75 Å². The van der Waals surface area contributed by atoms with E-state index in [2.05, 4.69) is 26.3 Å². The van der Waals surface area contributed by atoms with Crippen molar-refractivity contribution >= 4 is 56.1 Å². The van der Waals surface area contributed by atoms with Gasteiger partial charge in [-0.3, -0.25) is 15.1 Å². The van der Waals surface area contributed by atoms with E-state index in [4.69, 9.17) is 21.3 Å². The lowest BCUT2D eigenvalue weighted by molar-refractivity contribution is -0.116. The lowest BCUT2D eigenvalue weighted by atomic mass is 10.1. The predicted molar refractivity (Wildman–Crippen MR) is 134 cm³/mol. The van der Waals surface area contributed by atoms with Crippen molar-refractivity contribution in [1.82, 2.24) is 10.3 Å². The summed E-state index contributed by atoms with van der Waals surface area (Å²) in [5.41, 5.74) is 2.20. The van der Waals surface area contributed by atoms with Crippen LogP contribution in [0.15, 0.2) is 81.3 Å². The molecule has 1 unspecified atom stereocenters. The van der Waals surface area contributed by atoms with Crippen molar-refractivity contribution in [1.29, 1.82) is 0 Å². The molecule has 2 heterocycles. The third kappa shape index (κ3) is 4.38. The van der Waals surface area contributed by atoms with Crippen molar-refractivity contribution in [3.63, 3.8) is 0 Å². The number of rotatable bonds is 4. The van der Waals surface area contributed by atoms with Crippen molar-refractivity contribution < 1.29 is 9.53 Å². The zero-order chi connectivity index (χ0) is 22.9. The number of fused-ring (bicyclic) bond motifs is 2. The van der Waals surface area contributed by atoms with Crippen LogP contribution in [0.3, 0.4) is 0 Å². The Balaban J connectivity index is 1.65. The first-order valence-corrected chi connectivity index (χ1v) is 12.5. The average Bonchev–Trinajstić information content (AvgIpc) is 2.83. The van der Waals surface area contributed by atoms with Gasteiger partial charge in [0.25, 0.3) is 5.91 Å². The van der Waals surface area contributed by atoms with Crippen LogP contribution in [0.2, 0.25) is 5.02 Å². The van der Waals surface area contributed by atoms with Crippen LogP contribution in [-0.2, 0) is 11.4 Å². The Morgan fingerprint density at radius 3 is 2.76 bits per heavy atom. The minimum atomic E-state index is -0.619. The standard InChI is InChI=1S/C24H18BrClN4O2S/c1-33-24-28-23(31)21-17-11-15(25)7-9-19(17)27-22(30(21)29-24)18-12-16(26)8-10-20(18)32-13-14-5-3-2-4-6-14/h2-12,22H,13H2,1H3,(H,28,29,31). The first kappa shape index (κ1) is 22.0. The van der Waals surface area contributed by atoms with Gasteiger partial charge >= 0.3 is 0 Å². The number of carbonyl (C=O) groups excluding carboxylic acids is 1. The SMILES string of the molecule is CSC1=NN2C(=c3cc(Br)ccc3=NC2c2cc(Cl)ccc2OCc2ccccc2)C(=O)N1. The van der Waals surface area contributed by atoms with Crippen LogP contribution < -0.4 is 20.6 Å². The molecule has 5 rings (SSSR count). The van der Waals surface area contributed by atoms with Gasteiger partial charge in [-0.25, -0.2) is 5.01 Å². The second kappa shape index (κ2) is 9.21. The van der Waals surface area contributed by atoms with Crippen LogP contribution in [0.4, 0.5) is 0 Å². The molecule has 3 aromatic rings. The topological polar surface area (TPSA) is 66.3 Å². The molecule has 0 fully saturated rings. The van der Waals surface area contributed by atoms with E-state index in [0.717, 1.165) is 15.6 Å². The van der Waals surface area contributed by atoms with Crippen molar-refractivity contribution in [2.24, 2.45) is 10.1 Å². The third-order valence-corrected chi connectivity index (χ3v) is 6.55. The molecular weight excluding hydrogens is 524 g/mol. The van der Waals surface area contributed by atoms with Crippen LogP contribution >= 0.6 is 39.3 Å². The van der Waals surface area contributed by atoms with Crippen LogP contribution in [0.25, 0.3) is 5.70 Å². The fourth-order valence-corrected chi connectivity index (χ4v) is 4.64. The molecule has 9 heteroatoms. The summed E-state index contributed by atoms with van der Waals surface area (Å²) in [6.45, 7) is 0.391. The summed E-state index contributed by atoms with van der Waals surface area (Å²) in [6, 6.07) is 21.0. The summed E-state index contributed by atoms with van der Waals surface area (Å²) < 4.78 is 7.03. The zero-order valence-electron chi connectivity index (χ0n) is 17.5. The zero-order valence-corrected chi connectivity index (χ0v) is 20.6. The van der Waals surface area contributed by atoms with Crippen molar-refractivity contribution in [2.45, 2.75) is 12.8 Å². The summed E-state index contributed by atoms with van der Waals surface area (Å²) in [4.78, 5) is 18.1. The normalized spacial score (nSPS) is 16.9. The molecule has 0 aromatic heterocycles. The maximum absolute atomic E-state index is 13.1. The number of nitrogens with one attached hydrogen (secondary N) is 1. The molecular formula is C24H18BrClN4O2S. The number of hydrogen-bond acceptors (Lipinski definition) is 6. The van der Waals surface area contributed by atoms with Gasteiger partial charge in [0.15, 0.2) is 11.3 Å². The predicted octanol–water partition coefficient (Wildman–Crippen LogP) is 4.19. The highest BCUT2D eigenvalue weighted by Crippen LogP contribution is 2.37. The number of hydrogen-bond donors (Lipinski definition) is 1. The second-order valence-corrected chi connectivity index (χ2v) is 9.52. The van der Waals surface area contributed by atoms with Crippen molar-refractivity contribution in [2.75, 3.05) is 6.26 Å². The van der Waals surface area contributed by atoms with Crippen LogP contribution in [-0.4, -0.2) is 22.3 Å². The molecule has 166 valence electrons. The molecule has 0 saturated carbocycles. The lowest BCUT2D eigenvalue weighted by Crippen LogP contribution is -2.50. The molecule has 0 spiro atoms. The molecule has 0 bridgehead atoms. The van der Waals surface area contributed by atoms with Gasteiger partial charge < -0.3 is 4.74 Å². The van der Waals surface area contributed by atoms with Gasteiger partial charge in [0.05, 0.1) is 5.36 Å². The fourth-order valence-electron chi connectivity index (χ4n) is 3.73. The number of halogens is 2. The molecule has 1 amide bonds. The Morgan fingerprint density at radius 1 is 1.15 bits per heavy atom. The van der Waals surface area contributed by atoms with Gasteiger partial charge in [0.1, 0.15) is 18.1 Å². The summed E-state index contributed by atoms with van der Waals surface area (Å²) >= 11 is 11.2. The number of ether oxygens (including phenoxy) is 1. The average molecular weight is 542 g/mol. The molecule has 2 aliphatic rings. The van der Waals surface area contributed by atoms with E-state index in [0.29, 0.717) is 38.8 Å². The smallest absolute Gasteiger partial charge is 0.276 e. The van der Waals surface area contributed by atoms with E-state index in [9.17, 15) is 4.79 Å². The summed E-state index contributed by atoms with van der Waals surface area (Å²) in [7, 11) is 0. The highest BCUT2D eigenvalue weighted by atomic mass is 79.9. The molecule has 1 N–H and O–H groups in total. The van der Waals surface area contributed by atoms with Gasteiger partial charge in [-0.2, -0.15) is 0 Å². The molecule has 3 aromatic carbocycles. The number of hydrazone groups is 1. The largest absolute Gasteiger partial charge is 0.488 e. The summed E-state index contributed by atoms with van der Waals surface area (Å²) in [5.74, 6) is 0.395. The summed E-state index contributed by atoms with van der Waals surface area (Å²) in [5, 5.41) is 11.6. The third-order valence-electron chi connectivity index (χ3n) is 5.25. The number of amides is 1. The lowest BCUT2D eigenvalue weighted by Gasteiger charge is -2.34. The Kier molecular flexibility index (Phi) is 6.14. The highest BCUT2D eigenvalue weighted by molar-refractivity contribution is 9.10. The Labute approximate surface area is 208 Å². The minimum Gasteiger partial charge on any atom is -0.488 e. The van der Waals surface area contributed by atoms with Gasteiger partial charge in [0, 0.05) is 20.3 Å². The Hall–Kier alpha value is -2.81.